The van der Waals surface area contributed by atoms with Crippen LogP contribution in [0, 0.1) is 0 Å². The number of methoxy groups -OCH3 is 1. The quantitative estimate of drug-likeness (QED) is 0.616. The van der Waals surface area contributed by atoms with E-state index in [1.54, 1.807) is 12.0 Å². The van der Waals surface area contributed by atoms with Gasteiger partial charge in [0.15, 0.2) is 5.78 Å². The van der Waals surface area contributed by atoms with E-state index in [4.69, 9.17) is 9.84 Å². The van der Waals surface area contributed by atoms with Gasteiger partial charge in [0.1, 0.15) is 0 Å². The Kier molecular flexibility index (Phi) is 7.73. The number of ketones is 1. The molecular formula is C24H37N3O4. The van der Waals surface area contributed by atoms with Gasteiger partial charge in [0, 0.05) is 38.8 Å². The molecule has 2 aliphatic rings. The van der Waals surface area contributed by atoms with E-state index < -0.39 is 0 Å². The average molecular weight is 432 g/mol. The van der Waals surface area contributed by atoms with E-state index in [1.807, 2.05) is 11.0 Å². The Morgan fingerprint density at radius 1 is 1.16 bits per heavy atom. The lowest BCUT2D eigenvalue weighted by atomic mass is 9.68. The van der Waals surface area contributed by atoms with Crippen molar-refractivity contribution in [2.75, 3.05) is 54.1 Å². The van der Waals surface area contributed by atoms with E-state index in [0.29, 0.717) is 32.5 Å². The number of carbonyl (C=O) groups is 2. The Bertz CT molecular complexity index is 744. The highest BCUT2D eigenvalue weighted by Crippen LogP contribution is 2.48. The number of urea groups is 1. The molecule has 1 aliphatic carbocycles. The number of aliphatic hydroxyl groups is 1. The monoisotopic (exact) mass is 431 g/mol. The third-order valence-electron chi connectivity index (χ3n) is 7.23. The number of Topliss-reactive ketones (excluding diaryl/α,β-unsaturated/α-hetero) is 1. The van der Waals surface area contributed by atoms with E-state index in [2.05, 4.69) is 43.3 Å². The standard InChI is InChI=1S/C24H37N3O4/c1-25(2)24(20-8-5-4-6-9-20)13-11-23(12-14-24)19-26(18-21(29)10-7-16-28)22(30)27(23)15-17-31-3/h4-6,8-9,28H,7,10-19H2,1-3H3. The molecular weight excluding hydrogens is 394 g/mol. The first-order chi connectivity index (χ1) is 14.9. The fraction of sp³-hybridized carbons (Fsp3) is 0.667. The normalized spacial score (nSPS) is 26.3. The number of rotatable bonds is 10. The highest BCUT2D eigenvalue weighted by molar-refractivity contribution is 5.87. The first-order valence-electron chi connectivity index (χ1n) is 11.3. The highest BCUT2D eigenvalue weighted by atomic mass is 16.5. The van der Waals surface area contributed by atoms with Crippen molar-refractivity contribution in [2.45, 2.75) is 49.6 Å². The minimum atomic E-state index is -0.263. The molecule has 2 amide bonds. The van der Waals surface area contributed by atoms with Gasteiger partial charge < -0.3 is 19.6 Å². The number of benzene rings is 1. The topological polar surface area (TPSA) is 73.3 Å². The molecule has 0 atom stereocenters. The van der Waals surface area contributed by atoms with Gasteiger partial charge in [0.05, 0.1) is 18.7 Å². The third-order valence-corrected chi connectivity index (χ3v) is 7.23. The van der Waals surface area contributed by atoms with E-state index in [9.17, 15) is 9.59 Å². The van der Waals surface area contributed by atoms with Crippen LogP contribution in [-0.4, -0.2) is 91.2 Å². The van der Waals surface area contributed by atoms with Crippen molar-refractivity contribution in [1.29, 1.82) is 0 Å². The van der Waals surface area contributed by atoms with Gasteiger partial charge in [-0.15, -0.1) is 0 Å². The Morgan fingerprint density at radius 2 is 1.84 bits per heavy atom. The maximum absolute atomic E-state index is 13.2. The summed E-state index contributed by atoms with van der Waals surface area (Å²) in [7, 11) is 5.93. The predicted molar refractivity (Wildman–Crippen MR) is 120 cm³/mol. The van der Waals surface area contributed by atoms with Gasteiger partial charge in [-0.2, -0.15) is 0 Å². The summed E-state index contributed by atoms with van der Waals surface area (Å²) in [4.78, 5) is 31.6. The highest BCUT2D eigenvalue weighted by Gasteiger charge is 2.54. The SMILES string of the molecule is COCCN1C(=O)N(CC(=O)CCCO)CC12CCC(c1ccccc1)(N(C)C)CC2. The molecule has 1 saturated carbocycles. The van der Waals surface area contributed by atoms with Gasteiger partial charge in [-0.05, 0) is 51.8 Å². The van der Waals surface area contributed by atoms with Crippen molar-refractivity contribution in [3.63, 3.8) is 0 Å². The zero-order valence-electron chi connectivity index (χ0n) is 19.2. The average Bonchev–Trinajstić information content (AvgIpc) is 3.02. The maximum Gasteiger partial charge on any atom is 0.321 e. The lowest BCUT2D eigenvalue weighted by Crippen LogP contribution is -2.56. The molecule has 0 aromatic heterocycles. The Labute approximate surface area is 185 Å². The van der Waals surface area contributed by atoms with E-state index >= 15 is 0 Å². The molecule has 1 aromatic rings. The molecule has 1 spiro atoms. The van der Waals surface area contributed by atoms with Crippen LogP contribution >= 0.6 is 0 Å². The number of hydrogen-bond donors (Lipinski definition) is 1. The van der Waals surface area contributed by atoms with Crippen LogP contribution in [0.25, 0.3) is 0 Å². The molecule has 1 N–H and O–H groups in total. The number of ether oxygens (including phenoxy) is 1. The van der Waals surface area contributed by atoms with Crippen molar-refractivity contribution in [3.8, 4) is 0 Å². The molecule has 7 heteroatoms. The molecule has 0 radical (unpaired) electrons. The van der Waals surface area contributed by atoms with E-state index in [-0.39, 0.29) is 36.0 Å². The Balaban J connectivity index is 1.80. The van der Waals surface area contributed by atoms with Crippen LogP contribution in [0.5, 0.6) is 0 Å². The van der Waals surface area contributed by atoms with Gasteiger partial charge >= 0.3 is 6.03 Å². The summed E-state index contributed by atoms with van der Waals surface area (Å²) in [6, 6.07) is 10.6. The molecule has 1 heterocycles. The molecule has 0 unspecified atom stereocenters. The zero-order valence-corrected chi connectivity index (χ0v) is 19.2. The molecule has 1 saturated heterocycles. The molecule has 7 nitrogen and oxygen atoms in total. The van der Waals surface area contributed by atoms with Crippen LogP contribution in [0.1, 0.15) is 44.1 Å². The molecule has 0 bridgehead atoms. The van der Waals surface area contributed by atoms with Crippen LogP contribution < -0.4 is 0 Å². The van der Waals surface area contributed by atoms with Crippen molar-refractivity contribution >= 4 is 11.8 Å². The van der Waals surface area contributed by atoms with Crippen LogP contribution in [0.2, 0.25) is 0 Å². The summed E-state index contributed by atoms with van der Waals surface area (Å²) in [6.45, 7) is 1.73. The number of hydrogen-bond acceptors (Lipinski definition) is 5. The molecule has 1 aromatic carbocycles. The van der Waals surface area contributed by atoms with Crippen LogP contribution in [-0.2, 0) is 15.1 Å². The fourth-order valence-corrected chi connectivity index (χ4v) is 5.39. The number of amides is 2. The van der Waals surface area contributed by atoms with Gasteiger partial charge in [-0.1, -0.05) is 30.3 Å². The summed E-state index contributed by atoms with van der Waals surface area (Å²) in [5.74, 6) is 0.00822. The summed E-state index contributed by atoms with van der Waals surface area (Å²) < 4.78 is 5.29. The van der Waals surface area contributed by atoms with E-state index in [1.165, 1.54) is 5.56 Å². The first kappa shape index (κ1) is 23.7. The number of carbonyl (C=O) groups excluding carboxylic acids is 2. The summed E-state index contributed by atoms with van der Waals surface area (Å²) in [5, 5.41) is 8.99. The molecule has 31 heavy (non-hydrogen) atoms. The van der Waals surface area contributed by atoms with E-state index in [0.717, 1.165) is 25.7 Å². The number of aliphatic hydroxyl groups excluding tert-OH is 1. The van der Waals surface area contributed by atoms with Gasteiger partial charge in [0.25, 0.3) is 0 Å². The van der Waals surface area contributed by atoms with Gasteiger partial charge in [-0.25, -0.2) is 4.79 Å². The second kappa shape index (κ2) is 10.1. The second-order valence-corrected chi connectivity index (χ2v) is 9.17. The molecule has 3 rings (SSSR count). The summed E-state index contributed by atoms with van der Waals surface area (Å²) in [6.07, 6.45) is 4.43. The van der Waals surface area contributed by atoms with Crippen LogP contribution in [0.15, 0.2) is 30.3 Å². The minimum Gasteiger partial charge on any atom is -0.396 e. The third kappa shape index (κ3) is 4.78. The molecule has 1 aliphatic heterocycles. The summed E-state index contributed by atoms with van der Waals surface area (Å²) in [5.41, 5.74) is 1.01. The van der Waals surface area contributed by atoms with Crippen molar-refractivity contribution in [2.24, 2.45) is 0 Å². The van der Waals surface area contributed by atoms with Crippen molar-refractivity contribution in [1.82, 2.24) is 14.7 Å². The smallest absolute Gasteiger partial charge is 0.321 e. The zero-order chi connectivity index (χ0) is 22.5. The van der Waals surface area contributed by atoms with Gasteiger partial charge in [-0.3, -0.25) is 9.69 Å². The minimum absolute atomic E-state index is 0.00427. The van der Waals surface area contributed by atoms with Crippen LogP contribution in [0.3, 0.4) is 0 Å². The lowest BCUT2D eigenvalue weighted by molar-refractivity contribution is -0.119. The van der Waals surface area contributed by atoms with Crippen molar-refractivity contribution in [3.05, 3.63) is 35.9 Å². The van der Waals surface area contributed by atoms with Gasteiger partial charge in [0.2, 0.25) is 0 Å². The first-order valence-corrected chi connectivity index (χ1v) is 11.3. The molecule has 172 valence electrons. The van der Waals surface area contributed by atoms with Crippen LogP contribution in [0.4, 0.5) is 4.79 Å². The summed E-state index contributed by atoms with van der Waals surface area (Å²) >= 11 is 0. The second-order valence-electron chi connectivity index (χ2n) is 9.17. The largest absolute Gasteiger partial charge is 0.396 e. The fourth-order valence-electron chi connectivity index (χ4n) is 5.39. The van der Waals surface area contributed by atoms with Crippen molar-refractivity contribution < 1.29 is 19.4 Å². The maximum atomic E-state index is 13.2. The molecule has 2 fully saturated rings. The number of nitrogens with zero attached hydrogens (tertiary/aromatic N) is 3. The lowest BCUT2D eigenvalue weighted by Gasteiger charge is -2.51. The predicted octanol–water partition coefficient (Wildman–Crippen LogP) is 2.48. The Morgan fingerprint density at radius 3 is 2.42 bits per heavy atom. The Hall–Kier alpha value is -1.96.